The molecule has 3 aromatic rings. The predicted molar refractivity (Wildman–Crippen MR) is 188 cm³/mol. The molecule has 0 saturated heterocycles. The van der Waals surface area contributed by atoms with E-state index >= 15 is 0 Å². The molecular formula is C32H43F6N7O2S2. The van der Waals surface area contributed by atoms with Gasteiger partial charge in [-0.25, -0.2) is 4.79 Å². The molecule has 9 nitrogen and oxygen atoms in total. The molecule has 0 aliphatic rings. The van der Waals surface area contributed by atoms with E-state index in [0.29, 0.717) is 35.6 Å². The summed E-state index contributed by atoms with van der Waals surface area (Å²) in [5.74, 6) is 0.830. The lowest BCUT2D eigenvalue weighted by Gasteiger charge is -2.19. The molecule has 0 aliphatic carbocycles. The van der Waals surface area contributed by atoms with Crippen LogP contribution in [-0.4, -0.2) is 50.3 Å². The van der Waals surface area contributed by atoms with Crippen molar-refractivity contribution in [1.29, 1.82) is 0 Å². The number of urea groups is 1. The highest BCUT2D eigenvalue weighted by Gasteiger charge is 2.35. The molecule has 0 radical (unpaired) electrons. The first kappa shape index (κ1) is 41.8. The number of benzene rings is 3. The first-order chi connectivity index (χ1) is 23.3. The van der Waals surface area contributed by atoms with Crippen molar-refractivity contribution in [2.75, 3.05) is 60.2 Å². The maximum atomic E-state index is 13.9. The summed E-state index contributed by atoms with van der Waals surface area (Å²) in [4.78, 5) is 13.4. The van der Waals surface area contributed by atoms with Crippen molar-refractivity contribution in [2.24, 2.45) is 22.9 Å². The molecule has 49 heavy (non-hydrogen) atoms. The molecule has 3 rings (SSSR count). The van der Waals surface area contributed by atoms with Gasteiger partial charge >= 0.3 is 18.4 Å². The molecule has 3 aromatic carbocycles. The molecule has 272 valence electrons. The van der Waals surface area contributed by atoms with E-state index < -0.39 is 29.5 Å². The average molecular weight is 736 g/mol. The van der Waals surface area contributed by atoms with Crippen molar-refractivity contribution in [2.45, 2.75) is 48.8 Å². The zero-order chi connectivity index (χ0) is 36.6. The Kier molecular flexibility index (Phi) is 17.4. The smallest absolute Gasteiger partial charge is 0.418 e. The van der Waals surface area contributed by atoms with Crippen molar-refractivity contribution in [3.05, 3.63) is 65.2 Å². The number of nitrogens with one attached hydrogen (secondary N) is 3. The summed E-state index contributed by atoms with van der Waals surface area (Å²) >= 11 is 2.16. The number of alkyl halides is 6. The third-order valence-corrected chi connectivity index (χ3v) is 8.52. The second kappa shape index (κ2) is 20.4. The summed E-state index contributed by atoms with van der Waals surface area (Å²) in [6.45, 7) is 5.03. The molecule has 0 saturated carbocycles. The van der Waals surface area contributed by atoms with E-state index in [4.69, 9.17) is 27.7 Å². The normalized spacial score (nSPS) is 11.4. The maximum Gasteiger partial charge on any atom is 0.418 e. The van der Waals surface area contributed by atoms with Crippen molar-refractivity contribution >= 4 is 46.6 Å². The molecule has 0 fully saturated rings. The minimum atomic E-state index is -4.68. The van der Waals surface area contributed by atoms with Gasteiger partial charge in [-0.3, -0.25) is 0 Å². The van der Waals surface area contributed by atoms with Gasteiger partial charge in [0.25, 0.3) is 0 Å². The fourth-order valence-electron chi connectivity index (χ4n) is 4.30. The van der Waals surface area contributed by atoms with Crippen LogP contribution in [0.1, 0.15) is 37.0 Å². The van der Waals surface area contributed by atoms with Crippen molar-refractivity contribution in [1.82, 2.24) is 0 Å². The number of ether oxygens (including phenoxy) is 1. The third-order valence-electron chi connectivity index (χ3n) is 6.34. The highest BCUT2D eigenvalue weighted by atomic mass is 32.2. The molecule has 0 spiro atoms. The van der Waals surface area contributed by atoms with Gasteiger partial charge in [0.15, 0.2) is 0 Å². The number of thioether (sulfide) groups is 2. The lowest BCUT2D eigenvalue weighted by atomic mass is 10.1. The highest BCUT2D eigenvalue weighted by Crippen LogP contribution is 2.43. The van der Waals surface area contributed by atoms with Crippen LogP contribution in [0.25, 0.3) is 0 Å². The summed E-state index contributed by atoms with van der Waals surface area (Å²) < 4.78 is 88.9. The Balaban J connectivity index is 0.00000409. The Hall–Kier alpha value is -3.35. The number of carbonyl (C=O) groups excluding carboxylic acids is 1. The quantitative estimate of drug-likeness (QED) is 0.0581. The summed E-state index contributed by atoms with van der Waals surface area (Å²) in [5, 5.41) is 7.76. The Morgan fingerprint density at radius 3 is 1.98 bits per heavy atom. The van der Waals surface area contributed by atoms with Crippen LogP contribution >= 0.6 is 23.5 Å². The standard InChI is InChI=1S/C30H37F6N7O2S2.C2H6/c31-29(32,33)21-15-20(4-5-23(21)41-11-8-38)45-25-6-3-19(14-18(25)2-1-7-37)42-28(44)43-24-16-22(30(34,35)36)26(46-12-9-39)17-27(24)47-13-10-40;1-2/h3-6,14-17,41H,1-2,7-13,37-40H2,(H2,42,43,44);1-2H3. The minimum absolute atomic E-state index is 0.0163. The number of carbonyl (C=O) groups is 1. The lowest BCUT2D eigenvalue weighted by molar-refractivity contribution is -0.140. The third kappa shape index (κ3) is 13.1. The maximum absolute atomic E-state index is 13.9. The number of hydrogen-bond acceptors (Lipinski definition) is 9. The van der Waals surface area contributed by atoms with E-state index in [0.717, 1.165) is 23.9 Å². The fourth-order valence-corrected chi connectivity index (χ4v) is 6.04. The Labute approximate surface area is 290 Å². The van der Waals surface area contributed by atoms with Crippen molar-refractivity contribution in [3.63, 3.8) is 0 Å². The zero-order valence-corrected chi connectivity index (χ0v) is 28.8. The molecule has 0 aromatic heterocycles. The minimum Gasteiger partial charge on any atom is -0.457 e. The molecule has 11 N–H and O–H groups in total. The number of halogens is 6. The van der Waals surface area contributed by atoms with Crippen molar-refractivity contribution < 1.29 is 35.9 Å². The van der Waals surface area contributed by atoms with Gasteiger partial charge in [0.05, 0.1) is 16.8 Å². The summed E-state index contributed by atoms with van der Waals surface area (Å²) in [7, 11) is 0. The topological polar surface area (TPSA) is 166 Å². The molecular weight excluding hydrogens is 693 g/mol. The van der Waals surface area contributed by atoms with E-state index in [1.54, 1.807) is 6.07 Å². The molecule has 17 heteroatoms. The monoisotopic (exact) mass is 735 g/mol. The first-order valence-electron chi connectivity index (χ1n) is 15.5. The number of nitrogens with two attached hydrogens (primary N) is 4. The van der Waals surface area contributed by atoms with E-state index in [-0.39, 0.29) is 65.4 Å². The van der Waals surface area contributed by atoms with Gasteiger partial charge in [0, 0.05) is 58.9 Å². The van der Waals surface area contributed by atoms with E-state index in [2.05, 4.69) is 16.0 Å². The lowest BCUT2D eigenvalue weighted by Crippen LogP contribution is -2.21. The molecule has 0 heterocycles. The molecule has 2 amide bonds. The van der Waals surface area contributed by atoms with Crippen LogP contribution < -0.4 is 43.6 Å². The van der Waals surface area contributed by atoms with Gasteiger partial charge in [0.2, 0.25) is 0 Å². The molecule has 0 atom stereocenters. The highest BCUT2D eigenvalue weighted by molar-refractivity contribution is 8.00. The van der Waals surface area contributed by atoms with Gasteiger partial charge in [-0.2, -0.15) is 26.3 Å². The first-order valence-corrected chi connectivity index (χ1v) is 17.4. The van der Waals surface area contributed by atoms with Crippen LogP contribution in [-0.2, 0) is 18.8 Å². The number of amides is 2. The largest absolute Gasteiger partial charge is 0.457 e. The van der Waals surface area contributed by atoms with Crippen LogP contribution in [0.5, 0.6) is 11.5 Å². The number of anilines is 3. The van der Waals surface area contributed by atoms with Crippen LogP contribution in [0.15, 0.2) is 58.3 Å². The van der Waals surface area contributed by atoms with Gasteiger partial charge in [-0.1, -0.05) is 13.8 Å². The second-order valence-electron chi connectivity index (χ2n) is 9.93. The summed E-state index contributed by atoms with van der Waals surface area (Å²) in [6.07, 6.45) is -8.48. The zero-order valence-electron chi connectivity index (χ0n) is 27.2. The summed E-state index contributed by atoms with van der Waals surface area (Å²) in [5.41, 5.74) is 21.0. The Bertz CT molecular complexity index is 1490. The van der Waals surface area contributed by atoms with Gasteiger partial charge in [0.1, 0.15) is 11.5 Å². The Morgan fingerprint density at radius 1 is 0.735 bits per heavy atom. The molecule has 0 bridgehead atoms. The average Bonchev–Trinajstić information content (AvgIpc) is 3.06. The molecule has 0 aliphatic heterocycles. The van der Waals surface area contributed by atoms with Gasteiger partial charge in [-0.15, -0.1) is 23.5 Å². The summed E-state index contributed by atoms with van der Waals surface area (Å²) in [6, 6.07) is 9.43. The van der Waals surface area contributed by atoms with E-state index in [1.807, 2.05) is 13.8 Å². The number of rotatable bonds is 16. The number of hydrogen-bond donors (Lipinski definition) is 7. The van der Waals surface area contributed by atoms with Crippen LogP contribution in [0.2, 0.25) is 0 Å². The van der Waals surface area contributed by atoms with Crippen molar-refractivity contribution in [3.8, 4) is 11.5 Å². The fraction of sp³-hybridized carbons (Fsp3) is 0.406. The predicted octanol–water partition coefficient (Wildman–Crippen LogP) is 7.55. The van der Waals surface area contributed by atoms with Crippen LogP contribution in [0, 0.1) is 0 Å². The van der Waals surface area contributed by atoms with Crippen LogP contribution in [0.4, 0.5) is 48.2 Å². The van der Waals surface area contributed by atoms with E-state index in [1.165, 1.54) is 42.1 Å². The Morgan fingerprint density at radius 2 is 1.39 bits per heavy atom. The van der Waals surface area contributed by atoms with Crippen LogP contribution in [0.3, 0.4) is 0 Å². The molecule has 0 unspecified atom stereocenters. The van der Waals surface area contributed by atoms with Gasteiger partial charge in [-0.05, 0) is 73.5 Å². The SMILES string of the molecule is CC.NCCCc1cc(NC(=O)Nc2cc(C(F)(F)F)c(SCCN)cc2SCCN)ccc1Oc1ccc(NCCN)c(C(F)(F)F)c1. The van der Waals surface area contributed by atoms with E-state index in [9.17, 15) is 31.1 Å². The second-order valence-corrected chi connectivity index (χ2v) is 12.2. The number of aryl methyl sites for hydroxylation is 1. The van der Waals surface area contributed by atoms with Gasteiger partial charge < -0.3 is 43.6 Å².